The van der Waals surface area contributed by atoms with E-state index in [-0.39, 0.29) is 0 Å². The predicted octanol–water partition coefficient (Wildman–Crippen LogP) is -1.70. The molecule has 0 aliphatic heterocycles. The van der Waals surface area contributed by atoms with Crippen LogP contribution in [-0.2, 0) is 9.53 Å². The number of ether oxygens (including phenoxy) is 1. The average Bonchev–Trinajstić information content (AvgIpc) is 1.66. The standard InChI is InChI=1S/C5H11NO2/c1-6(2)3-4-8-5-7/h5H,3-4H2,1-2H3/p+1. The van der Waals surface area contributed by atoms with Crippen molar-refractivity contribution in [1.29, 1.82) is 0 Å². The second-order valence-electron chi connectivity index (χ2n) is 1.92. The van der Waals surface area contributed by atoms with E-state index in [0.29, 0.717) is 13.1 Å². The first kappa shape index (κ1) is 7.43. The molecule has 3 heteroatoms. The zero-order chi connectivity index (χ0) is 6.41. The molecular weight excluding hydrogens is 106 g/mol. The summed E-state index contributed by atoms with van der Waals surface area (Å²) in [5, 5.41) is 0. The van der Waals surface area contributed by atoms with Gasteiger partial charge in [-0.1, -0.05) is 0 Å². The van der Waals surface area contributed by atoms with E-state index < -0.39 is 0 Å². The Kier molecular flexibility index (Phi) is 4.26. The first-order valence-electron chi connectivity index (χ1n) is 2.61. The van der Waals surface area contributed by atoms with Crippen molar-refractivity contribution < 1.29 is 14.4 Å². The highest BCUT2D eigenvalue weighted by atomic mass is 16.5. The second-order valence-corrected chi connectivity index (χ2v) is 1.92. The van der Waals surface area contributed by atoms with Gasteiger partial charge in [-0.3, -0.25) is 4.79 Å². The van der Waals surface area contributed by atoms with Crippen LogP contribution in [0.1, 0.15) is 0 Å². The fraction of sp³-hybridized carbons (Fsp3) is 0.800. The van der Waals surface area contributed by atoms with E-state index in [9.17, 15) is 4.79 Å². The van der Waals surface area contributed by atoms with Gasteiger partial charge < -0.3 is 9.64 Å². The Morgan fingerprint density at radius 1 is 1.62 bits per heavy atom. The topological polar surface area (TPSA) is 30.7 Å². The lowest BCUT2D eigenvalue weighted by Gasteiger charge is -2.03. The highest BCUT2D eigenvalue weighted by Crippen LogP contribution is 1.56. The van der Waals surface area contributed by atoms with Crippen molar-refractivity contribution >= 4 is 6.47 Å². The van der Waals surface area contributed by atoms with Gasteiger partial charge in [-0.05, 0) is 0 Å². The van der Waals surface area contributed by atoms with Gasteiger partial charge in [0.25, 0.3) is 6.47 Å². The first-order valence-corrected chi connectivity index (χ1v) is 2.61. The van der Waals surface area contributed by atoms with Gasteiger partial charge in [0, 0.05) is 0 Å². The molecule has 0 heterocycles. The smallest absolute Gasteiger partial charge is 0.293 e. The zero-order valence-electron chi connectivity index (χ0n) is 5.31. The van der Waals surface area contributed by atoms with Crippen LogP contribution in [0.2, 0.25) is 0 Å². The first-order chi connectivity index (χ1) is 3.77. The Balaban J connectivity index is 2.81. The lowest BCUT2D eigenvalue weighted by molar-refractivity contribution is -0.858. The van der Waals surface area contributed by atoms with Crippen LogP contribution in [0, 0.1) is 0 Å². The van der Waals surface area contributed by atoms with Crippen molar-refractivity contribution in [2.75, 3.05) is 27.2 Å². The van der Waals surface area contributed by atoms with Gasteiger partial charge in [-0.15, -0.1) is 0 Å². The Labute approximate surface area is 49.2 Å². The zero-order valence-corrected chi connectivity index (χ0v) is 5.31. The van der Waals surface area contributed by atoms with Gasteiger partial charge in [0.05, 0.1) is 14.1 Å². The fourth-order valence-electron chi connectivity index (χ4n) is 0.311. The number of hydrogen-bond donors (Lipinski definition) is 1. The van der Waals surface area contributed by atoms with E-state index in [1.165, 1.54) is 4.90 Å². The fourth-order valence-corrected chi connectivity index (χ4v) is 0.311. The maximum atomic E-state index is 9.55. The quantitative estimate of drug-likeness (QED) is 0.352. The normalized spacial score (nSPS) is 9.38. The van der Waals surface area contributed by atoms with Crippen LogP contribution >= 0.6 is 0 Å². The number of rotatable bonds is 4. The third-order valence-electron chi connectivity index (χ3n) is 0.788. The minimum atomic E-state index is 0.475. The lowest BCUT2D eigenvalue weighted by Crippen LogP contribution is -3.06. The molecule has 0 unspecified atom stereocenters. The molecule has 8 heavy (non-hydrogen) atoms. The number of hydrogen-bond acceptors (Lipinski definition) is 2. The van der Waals surface area contributed by atoms with Gasteiger partial charge in [0.15, 0.2) is 0 Å². The van der Waals surface area contributed by atoms with Crippen LogP contribution in [0.3, 0.4) is 0 Å². The molecule has 0 fully saturated rings. The van der Waals surface area contributed by atoms with Crippen molar-refractivity contribution in [2.45, 2.75) is 0 Å². The summed E-state index contributed by atoms with van der Waals surface area (Å²) in [6, 6.07) is 0. The number of carbonyl (C=O) groups excluding carboxylic acids is 1. The molecule has 0 rings (SSSR count). The predicted molar refractivity (Wildman–Crippen MR) is 29.7 cm³/mol. The molecule has 0 aliphatic carbocycles. The summed E-state index contributed by atoms with van der Waals surface area (Å²) < 4.78 is 4.44. The molecule has 3 nitrogen and oxygen atoms in total. The Morgan fingerprint density at radius 2 is 2.25 bits per heavy atom. The molecule has 0 aromatic rings. The molecule has 0 aromatic carbocycles. The maximum absolute atomic E-state index is 9.55. The molecule has 0 radical (unpaired) electrons. The van der Waals surface area contributed by atoms with Gasteiger partial charge in [0.1, 0.15) is 13.2 Å². The summed E-state index contributed by atoms with van der Waals surface area (Å²) in [4.78, 5) is 10.8. The van der Waals surface area contributed by atoms with Crippen LogP contribution in [0.5, 0.6) is 0 Å². The molecular formula is C5H12NO2+. The van der Waals surface area contributed by atoms with E-state index in [1.807, 2.05) is 14.1 Å². The summed E-state index contributed by atoms with van der Waals surface area (Å²) in [5.41, 5.74) is 0. The lowest BCUT2D eigenvalue weighted by atomic mass is 10.6. The molecule has 1 N–H and O–H groups in total. The van der Waals surface area contributed by atoms with E-state index in [4.69, 9.17) is 0 Å². The van der Waals surface area contributed by atoms with Crippen LogP contribution < -0.4 is 4.90 Å². The number of quaternary nitrogens is 1. The van der Waals surface area contributed by atoms with Crippen molar-refractivity contribution in [3.05, 3.63) is 0 Å². The van der Waals surface area contributed by atoms with Crippen molar-refractivity contribution in [1.82, 2.24) is 0 Å². The summed E-state index contributed by atoms with van der Waals surface area (Å²) in [5.74, 6) is 0. The minimum Gasteiger partial charge on any atom is -0.462 e. The highest BCUT2D eigenvalue weighted by molar-refractivity contribution is 5.36. The summed E-state index contributed by atoms with van der Waals surface area (Å²) in [6.45, 7) is 1.87. The number of likely N-dealkylation sites (N-methyl/N-ethyl adjacent to an activating group) is 1. The number of nitrogens with one attached hydrogen (secondary N) is 1. The minimum absolute atomic E-state index is 0.475. The molecule has 48 valence electrons. The molecule has 0 amide bonds. The molecule has 0 saturated heterocycles. The molecule has 0 aliphatic rings. The monoisotopic (exact) mass is 118 g/mol. The van der Waals surface area contributed by atoms with E-state index >= 15 is 0 Å². The third-order valence-corrected chi connectivity index (χ3v) is 0.788. The number of carbonyl (C=O) groups is 1. The molecule has 0 atom stereocenters. The Morgan fingerprint density at radius 3 is 2.62 bits per heavy atom. The molecule has 0 saturated carbocycles. The van der Waals surface area contributed by atoms with Gasteiger partial charge in [-0.25, -0.2) is 0 Å². The van der Waals surface area contributed by atoms with Crippen LogP contribution in [0.4, 0.5) is 0 Å². The maximum Gasteiger partial charge on any atom is 0.293 e. The third kappa shape index (κ3) is 5.43. The van der Waals surface area contributed by atoms with E-state index in [1.54, 1.807) is 0 Å². The molecule has 0 spiro atoms. The summed E-state index contributed by atoms with van der Waals surface area (Å²) >= 11 is 0. The van der Waals surface area contributed by atoms with Gasteiger partial charge in [0.2, 0.25) is 0 Å². The van der Waals surface area contributed by atoms with Crippen molar-refractivity contribution in [3.63, 3.8) is 0 Å². The largest absolute Gasteiger partial charge is 0.462 e. The molecule has 0 bridgehead atoms. The van der Waals surface area contributed by atoms with Gasteiger partial charge in [-0.2, -0.15) is 0 Å². The average molecular weight is 118 g/mol. The van der Waals surface area contributed by atoms with Crippen LogP contribution in [-0.4, -0.2) is 33.7 Å². The Bertz CT molecular complexity index is 63.4. The van der Waals surface area contributed by atoms with Crippen molar-refractivity contribution in [3.8, 4) is 0 Å². The van der Waals surface area contributed by atoms with Gasteiger partial charge >= 0.3 is 0 Å². The highest BCUT2D eigenvalue weighted by Gasteiger charge is 1.89. The van der Waals surface area contributed by atoms with Crippen molar-refractivity contribution in [2.24, 2.45) is 0 Å². The second kappa shape index (κ2) is 4.59. The van der Waals surface area contributed by atoms with Crippen LogP contribution in [0.25, 0.3) is 0 Å². The SMILES string of the molecule is C[NH+](C)CCOC=O. The molecule has 0 aromatic heterocycles. The van der Waals surface area contributed by atoms with Crippen LogP contribution in [0.15, 0.2) is 0 Å². The summed E-state index contributed by atoms with van der Waals surface area (Å²) in [6.07, 6.45) is 0. The summed E-state index contributed by atoms with van der Waals surface area (Å²) in [7, 11) is 4.02. The van der Waals surface area contributed by atoms with E-state index in [2.05, 4.69) is 4.74 Å². The Hall–Kier alpha value is -0.570. The van der Waals surface area contributed by atoms with E-state index in [0.717, 1.165) is 6.54 Å².